The van der Waals surface area contributed by atoms with Crippen LogP contribution in [0.25, 0.3) is 11.3 Å². The number of hydrogen-bond donors (Lipinski definition) is 1. The standard InChI is InChI=1S/C12H5Cl3FNO2/c13-7-3-9(15)8(14)1-5(7)11-2-6(12(18)19)10(16)4-17-11/h1-4H,(H,18,19). The molecule has 0 saturated carbocycles. The lowest BCUT2D eigenvalue weighted by Gasteiger charge is -2.07. The molecule has 98 valence electrons. The van der Waals surface area contributed by atoms with Gasteiger partial charge >= 0.3 is 5.97 Å². The molecule has 1 aromatic heterocycles. The Morgan fingerprint density at radius 3 is 2.37 bits per heavy atom. The minimum absolute atomic E-state index is 0.197. The van der Waals surface area contributed by atoms with Crippen LogP contribution in [0.5, 0.6) is 0 Å². The zero-order valence-electron chi connectivity index (χ0n) is 9.12. The van der Waals surface area contributed by atoms with Crippen LogP contribution in [-0.2, 0) is 0 Å². The molecule has 0 amide bonds. The second-order valence-corrected chi connectivity index (χ2v) is 4.82. The molecule has 19 heavy (non-hydrogen) atoms. The Labute approximate surface area is 122 Å². The summed E-state index contributed by atoms with van der Waals surface area (Å²) in [6.45, 7) is 0. The second kappa shape index (κ2) is 5.33. The first-order chi connectivity index (χ1) is 8.90. The number of carboxylic acids is 1. The van der Waals surface area contributed by atoms with Crippen molar-refractivity contribution in [3.8, 4) is 11.3 Å². The van der Waals surface area contributed by atoms with Gasteiger partial charge in [-0.2, -0.15) is 0 Å². The molecular weight excluding hydrogens is 315 g/mol. The molecule has 1 aromatic carbocycles. The topological polar surface area (TPSA) is 50.2 Å². The number of aromatic carboxylic acids is 1. The second-order valence-electron chi connectivity index (χ2n) is 3.60. The van der Waals surface area contributed by atoms with Crippen LogP contribution in [0.2, 0.25) is 15.1 Å². The van der Waals surface area contributed by atoms with Crippen molar-refractivity contribution in [1.29, 1.82) is 0 Å². The van der Waals surface area contributed by atoms with E-state index in [1.54, 1.807) is 0 Å². The molecule has 0 fully saturated rings. The quantitative estimate of drug-likeness (QED) is 0.826. The Morgan fingerprint density at radius 1 is 1.11 bits per heavy atom. The number of nitrogens with zero attached hydrogens (tertiary/aromatic N) is 1. The third-order valence-corrected chi connectivity index (χ3v) is 3.41. The van der Waals surface area contributed by atoms with Crippen LogP contribution in [0.4, 0.5) is 4.39 Å². The molecule has 0 aliphatic rings. The molecule has 2 rings (SSSR count). The molecule has 0 spiro atoms. The van der Waals surface area contributed by atoms with Crippen molar-refractivity contribution in [3.05, 3.63) is 50.8 Å². The third kappa shape index (κ3) is 2.81. The van der Waals surface area contributed by atoms with Crippen molar-refractivity contribution in [2.45, 2.75) is 0 Å². The first-order valence-corrected chi connectivity index (χ1v) is 6.07. The van der Waals surface area contributed by atoms with Crippen molar-refractivity contribution in [2.24, 2.45) is 0 Å². The van der Waals surface area contributed by atoms with Crippen LogP contribution in [0.1, 0.15) is 10.4 Å². The summed E-state index contributed by atoms with van der Waals surface area (Å²) in [6, 6.07) is 3.94. The number of rotatable bonds is 2. The fraction of sp³-hybridized carbons (Fsp3) is 0. The maximum absolute atomic E-state index is 13.3. The summed E-state index contributed by atoms with van der Waals surface area (Å²) >= 11 is 17.6. The summed E-state index contributed by atoms with van der Waals surface area (Å²) in [6.07, 6.45) is 0.817. The number of hydrogen-bond acceptors (Lipinski definition) is 2. The molecule has 0 unspecified atom stereocenters. The predicted octanol–water partition coefficient (Wildman–Crippen LogP) is 4.55. The number of carboxylic acid groups (broad SMARTS) is 1. The molecule has 0 radical (unpaired) electrons. The summed E-state index contributed by atoms with van der Waals surface area (Å²) in [5.74, 6) is -2.32. The van der Waals surface area contributed by atoms with Gasteiger partial charge in [0.25, 0.3) is 0 Å². The highest BCUT2D eigenvalue weighted by molar-refractivity contribution is 6.44. The van der Waals surface area contributed by atoms with Crippen LogP contribution in [-0.4, -0.2) is 16.1 Å². The maximum Gasteiger partial charge on any atom is 0.338 e. The van der Waals surface area contributed by atoms with Gasteiger partial charge in [-0.25, -0.2) is 9.18 Å². The monoisotopic (exact) mass is 319 g/mol. The van der Waals surface area contributed by atoms with E-state index in [1.807, 2.05) is 0 Å². The highest BCUT2D eigenvalue weighted by Gasteiger charge is 2.15. The van der Waals surface area contributed by atoms with E-state index >= 15 is 0 Å². The lowest BCUT2D eigenvalue weighted by atomic mass is 10.1. The van der Waals surface area contributed by atoms with E-state index in [2.05, 4.69) is 4.98 Å². The van der Waals surface area contributed by atoms with Gasteiger partial charge in [-0.15, -0.1) is 0 Å². The summed E-state index contributed by atoms with van der Waals surface area (Å²) in [5.41, 5.74) is 0.0769. The van der Waals surface area contributed by atoms with Crippen LogP contribution in [0.15, 0.2) is 24.4 Å². The van der Waals surface area contributed by atoms with Crippen molar-refractivity contribution in [3.63, 3.8) is 0 Å². The summed E-state index contributed by atoms with van der Waals surface area (Å²) in [5, 5.41) is 9.60. The average molecular weight is 321 g/mol. The van der Waals surface area contributed by atoms with Crippen molar-refractivity contribution < 1.29 is 14.3 Å². The summed E-state index contributed by atoms with van der Waals surface area (Å²) in [4.78, 5) is 14.7. The average Bonchev–Trinajstić information content (AvgIpc) is 2.34. The van der Waals surface area contributed by atoms with Crippen molar-refractivity contribution in [1.82, 2.24) is 4.98 Å². The molecular formula is C12H5Cl3FNO2. The normalized spacial score (nSPS) is 10.5. The SMILES string of the molecule is O=C(O)c1cc(-c2cc(Cl)c(Cl)cc2Cl)ncc1F. The van der Waals surface area contributed by atoms with E-state index < -0.39 is 17.3 Å². The van der Waals surface area contributed by atoms with Gasteiger partial charge < -0.3 is 5.11 Å². The lowest BCUT2D eigenvalue weighted by molar-refractivity contribution is 0.0691. The van der Waals surface area contributed by atoms with Crippen LogP contribution in [0.3, 0.4) is 0 Å². The van der Waals surface area contributed by atoms with Gasteiger partial charge in [0.05, 0.1) is 32.5 Å². The maximum atomic E-state index is 13.3. The van der Waals surface area contributed by atoms with E-state index in [0.717, 1.165) is 12.3 Å². The summed E-state index contributed by atoms with van der Waals surface area (Å²) < 4.78 is 13.3. The lowest BCUT2D eigenvalue weighted by Crippen LogP contribution is -2.02. The highest BCUT2D eigenvalue weighted by Crippen LogP contribution is 2.34. The molecule has 7 heteroatoms. The minimum atomic E-state index is -1.39. The van der Waals surface area contributed by atoms with E-state index in [9.17, 15) is 9.18 Å². The molecule has 0 aliphatic heterocycles. The van der Waals surface area contributed by atoms with Gasteiger partial charge in [0.15, 0.2) is 5.82 Å². The van der Waals surface area contributed by atoms with Gasteiger partial charge in [0, 0.05) is 5.56 Å². The number of aromatic nitrogens is 1. The van der Waals surface area contributed by atoms with Crippen LogP contribution in [0, 0.1) is 5.82 Å². The van der Waals surface area contributed by atoms with Gasteiger partial charge in [0.2, 0.25) is 0 Å². The van der Waals surface area contributed by atoms with E-state index in [4.69, 9.17) is 39.9 Å². The first-order valence-electron chi connectivity index (χ1n) is 4.94. The smallest absolute Gasteiger partial charge is 0.338 e. The molecule has 0 saturated heterocycles. The Balaban J connectivity index is 2.63. The molecule has 1 heterocycles. The molecule has 0 atom stereocenters. The first kappa shape index (κ1) is 14.1. The molecule has 3 nitrogen and oxygen atoms in total. The highest BCUT2D eigenvalue weighted by atomic mass is 35.5. The van der Waals surface area contributed by atoms with E-state index in [0.29, 0.717) is 5.56 Å². The van der Waals surface area contributed by atoms with Crippen LogP contribution >= 0.6 is 34.8 Å². The number of pyridine rings is 1. The molecule has 1 N–H and O–H groups in total. The van der Waals surface area contributed by atoms with E-state index in [-0.39, 0.29) is 20.8 Å². The van der Waals surface area contributed by atoms with E-state index in [1.165, 1.54) is 12.1 Å². The van der Waals surface area contributed by atoms with Gasteiger partial charge in [-0.3, -0.25) is 4.98 Å². The molecule has 2 aromatic rings. The molecule has 0 aliphatic carbocycles. The van der Waals surface area contributed by atoms with Gasteiger partial charge in [-0.05, 0) is 18.2 Å². The number of carbonyl (C=O) groups is 1. The number of benzene rings is 1. The molecule has 0 bridgehead atoms. The largest absolute Gasteiger partial charge is 0.478 e. The van der Waals surface area contributed by atoms with Gasteiger partial charge in [0.1, 0.15) is 0 Å². The third-order valence-electron chi connectivity index (χ3n) is 2.37. The Kier molecular flexibility index (Phi) is 3.94. The zero-order valence-corrected chi connectivity index (χ0v) is 11.4. The Bertz CT molecular complexity index is 676. The fourth-order valence-electron chi connectivity index (χ4n) is 1.47. The van der Waals surface area contributed by atoms with Crippen LogP contribution < -0.4 is 0 Å². The van der Waals surface area contributed by atoms with Gasteiger partial charge in [-0.1, -0.05) is 34.8 Å². The van der Waals surface area contributed by atoms with Crippen molar-refractivity contribution >= 4 is 40.8 Å². The zero-order chi connectivity index (χ0) is 14.2. The predicted molar refractivity (Wildman–Crippen MR) is 71.6 cm³/mol. The minimum Gasteiger partial charge on any atom is -0.478 e. The number of halogens is 4. The van der Waals surface area contributed by atoms with Crippen molar-refractivity contribution in [2.75, 3.05) is 0 Å². The Hall–Kier alpha value is -1.36. The summed E-state index contributed by atoms with van der Waals surface area (Å²) in [7, 11) is 0. The Morgan fingerprint density at radius 2 is 1.74 bits per heavy atom. The fourth-order valence-corrected chi connectivity index (χ4v) is 2.11.